The van der Waals surface area contributed by atoms with E-state index in [4.69, 9.17) is 5.73 Å². The molecule has 0 spiro atoms. The maximum Gasteiger partial charge on any atom is 0.0736 e. The molecular formula is C11H13N2O2-. The van der Waals surface area contributed by atoms with Gasteiger partial charge in [-0.1, -0.05) is 0 Å². The van der Waals surface area contributed by atoms with Crippen LogP contribution in [0.3, 0.4) is 0 Å². The maximum absolute atomic E-state index is 10.9. The third-order valence-electron chi connectivity index (χ3n) is 2.69. The second-order valence-corrected chi connectivity index (χ2v) is 3.76. The highest BCUT2D eigenvalue weighted by molar-refractivity contribution is 5.94. The molecule has 0 saturated carbocycles. The first-order valence-electron chi connectivity index (χ1n) is 5.04. The molecule has 0 aromatic heterocycles. The van der Waals surface area contributed by atoms with Gasteiger partial charge < -0.3 is 20.5 Å². The van der Waals surface area contributed by atoms with E-state index in [-0.39, 0.29) is 5.56 Å². The second kappa shape index (κ2) is 3.81. The van der Waals surface area contributed by atoms with Crippen molar-refractivity contribution in [2.24, 2.45) is 0 Å². The molecule has 0 atom stereocenters. The summed E-state index contributed by atoms with van der Waals surface area (Å²) in [6.07, 6.45) is 2.22. The molecule has 1 saturated heterocycles. The Hall–Kier alpha value is -1.71. The van der Waals surface area contributed by atoms with Crippen LogP contribution in [0, 0.1) is 0 Å². The van der Waals surface area contributed by atoms with Gasteiger partial charge in [0.2, 0.25) is 0 Å². The molecule has 1 aromatic rings. The van der Waals surface area contributed by atoms with E-state index < -0.39 is 5.97 Å². The van der Waals surface area contributed by atoms with Crippen molar-refractivity contribution in [2.75, 3.05) is 23.7 Å². The van der Waals surface area contributed by atoms with E-state index >= 15 is 0 Å². The highest BCUT2D eigenvalue weighted by atomic mass is 16.4. The summed E-state index contributed by atoms with van der Waals surface area (Å²) in [7, 11) is 0. The van der Waals surface area contributed by atoms with Gasteiger partial charge in [0.25, 0.3) is 0 Å². The number of nitrogen functional groups attached to an aromatic ring is 1. The van der Waals surface area contributed by atoms with Gasteiger partial charge in [0.05, 0.1) is 5.97 Å². The fraction of sp³-hybridized carbons (Fsp3) is 0.364. The Kier molecular flexibility index (Phi) is 2.49. The molecule has 1 aliphatic heterocycles. The number of nitrogens with two attached hydrogens (primary N) is 1. The van der Waals surface area contributed by atoms with Crippen LogP contribution in [0.4, 0.5) is 11.4 Å². The Morgan fingerprint density at radius 1 is 1.33 bits per heavy atom. The lowest BCUT2D eigenvalue weighted by atomic mass is 10.1. The minimum atomic E-state index is -1.16. The van der Waals surface area contributed by atoms with Gasteiger partial charge in [-0.05, 0) is 31.0 Å². The quantitative estimate of drug-likeness (QED) is 0.702. The van der Waals surface area contributed by atoms with Crippen LogP contribution in [-0.4, -0.2) is 19.1 Å². The van der Waals surface area contributed by atoms with Crippen LogP contribution < -0.4 is 15.7 Å². The van der Waals surface area contributed by atoms with Crippen LogP contribution in [-0.2, 0) is 0 Å². The average molecular weight is 205 g/mol. The second-order valence-electron chi connectivity index (χ2n) is 3.76. The zero-order valence-corrected chi connectivity index (χ0v) is 8.40. The summed E-state index contributed by atoms with van der Waals surface area (Å²) >= 11 is 0. The molecule has 1 aliphatic rings. The highest BCUT2D eigenvalue weighted by Crippen LogP contribution is 2.25. The summed E-state index contributed by atoms with van der Waals surface area (Å²) in [6.45, 7) is 1.81. The van der Waals surface area contributed by atoms with Gasteiger partial charge in [-0.25, -0.2) is 0 Å². The topological polar surface area (TPSA) is 69.4 Å². The third-order valence-corrected chi connectivity index (χ3v) is 2.69. The summed E-state index contributed by atoms with van der Waals surface area (Å²) < 4.78 is 0. The Morgan fingerprint density at radius 3 is 2.60 bits per heavy atom. The van der Waals surface area contributed by atoms with Gasteiger partial charge in [-0.3, -0.25) is 0 Å². The van der Waals surface area contributed by atoms with Crippen LogP contribution >= 0.6 is 0 Å². The number of benzene rings is 1. The summed E-state index contributed by atoms with van der Waals surface area (Å²) in [5.74, 6) is -1.16. The lowest BCUT2D eigenvalue weighted by Gasteiger charge is -2.22. The zero-order chi connectivity index (χ0) is 10.8. The van der Waals surface area contributed by atoms with E-state index in [1.54, 1.807) is 12.1 Å². The van der Waals surface area contributed by atoms with Gasteiger partial charge in [0.15, 0.2) is 0 Å². The molecule has 0 aliphatic carbocycles. The first-order chi connectivity index (χ1) is 7.18. The number of hydrogen-bond donors (Lipinski definition) is 1. The Labute approximate surface area is 88.3 Å². The van der Waals surface area contributed by atoms with Crippen molar-refractivity contribution >= 4 is 17.3 Å². The smallest absolute Gasteiger partial charge is 0.0736 e. The molecule has 0 amide bonds. The number of anilines is 2. The number of aromatic carboxylic acids is 1. The third kappa shape index (κ3) is 1.88. The van der Waals surface area contributed by atoms with Crippen LogP contribution in [0.1, 0.15) is 23.2 Å². The van der Waals surface area contributed by atoms with E-state index in [9.17, 15) is 9.90 Å². The number of hydrogen-bond acceptors (Lipinski definition) is 4. The fourth-order valence-corrected chi connectivity index (χ4v) is 1.95. The molecule has 1 fully saturated rings. The van der Waals surface area contributed by atoms with Gasteiger partial charge in [-0.15, -0.1) is 0 Å². The van der Waals surface area contributed by atoms with Crippen molar-refractivity contribution < 1.29 is 9.90 Å². The molecular weight excluding hydrogens is 192 g/mol. The minimum Gasteiger partial charge on any atom is -0.545 e. The minimum absolute atomic E-state index is 0.192. The zero-order valence-electron chi connectivity index (χ0n) is 8.40. The standard InChI is InChI=1S/C11H14N2O2/c12-8-3-4-10(9(7-8)11(14)15)13-5-1-2-6-13/h3-4,7H,1-2,5-6,12H2,(H,14,15)/p-1. The van der Waals surface area contributed by atoms with E-state index in [1.165, 1.54) is 6.07 Å². The first kappa shape index (κ1) is 9.83. The molecule has 0 radical (unpaired) electrons. The van der Waals surface area contributed by atoms with Crippen molar-refractivity contribution in [2.45, 2.75) is 12.8 Å². The van der Waals surface area contributed by atoms with Crippen LogP contribution in [0.2, 0.25) is 0 Å². The predicted molar refractivity (Wildman–Crippen MR) is 56.6 cm³/mol. The summed E-state index contributed by atoms with van der Waals surface area (Å²) in [5, 5.41) is 10.9. The fourth-order valence-electron chi connectivity index (χ4n) is 1.95. The Morgan fingerprint density at radius 2 is 2.00 bits per heavy atom. The maximum atomic E-state index is 10.9. The summed E-state index contributed by atoms with van der Waals surface area (Å²) in [4.78, 5) is 13.0. The summed E-state index contributed by atoms with van der Waals surface area (Å²) in [6, 6.07) is 4.94. The lowest BCUT2D eigenvalue weighted by Crippen LogP contribution is -2.27. The van der Waals surface area contributed by atoms with Crippen LogP contribution in [0.25, 0.3) is 0 Å². The molecule has 2 rings (SSSR count). The SMILES string of the molecule is Nc1ccc(N2CCCC2)c(C(=O)[O-])c1. The molecule has 2 N–H and O–H groups in total. The number of carboxylic acid groups (broad SMARTS) is 1. The number of carboxylic acids is 1. The molecule has 4 nitrogen and oxygen atoms in total. The van der Waals surface area contributed by atoms with Gasteiger partial charge in [0.1, 0.15) is 0 Å². The number of rotatable bonds is 2. The Balaban J connectivity index is 2.40. The van der Waals surface area contributed by atoms with E-state index in [2.05, 4.69) is 4.90 Å². The molecule has 0 bridgehead atoms. The molecule has 0 unspecified atom stereocenters. The van der Waals surface area contributed by atoms with Crippen LogP contribution in [0.15, 0.2) is 18.2 Å². The monoisotopic (exact) mass is 205 g/mol. The summed E-state index contributed by atoms with van der Waals surface area (Å²) in [5.41, 5.74) is 6.93. The van der Waals surface area contributed by atoms with Gasteiger partial charge in [0, 0.05) is 30.0 Å². The molecule has 4 heteroatoms. The van der Waals surface area contributed by atoms with Crippen molar-refractivity contribution in [1.82, 2.24) is 0 Å². The first-order valence-corrected chi connectivity index (χ1v) is 5.04. The van der Waals surface area contributed by atoms with Crippen molar-refractivity contribution in [1.29, 1.82) is 0 Å². The van der Waals surface area contributed by atoms with Crippen molar-refractivity contribution in [3.05, 3.63) is 23.8 Å². The number of carbonyl (C=O) groups excluding carboxylic acids is 1. The molecule has 15 heavy (non-hydrogen) atoms. The van der Waals surface area contributed by atoms with Crippen molar-refractivity contribution in [3.63, 3.8) is 0 Å². The predicted octanol–water partition coefficient (Wildman–Crippen LogP) is 0.232. The molecule has 1 aromatic carbocycles. The van der Waals surface area contributed by atoms with E-state index in [1.807, 2.05) is 0 Å². The average Bonchev–Trinajstić information content (AvgIpc) is 2.70. The van der Waals surface area contributed by atoms with Gasteiger partial charge >= 0.3 is 0 Å². The molecule has 1 heterocycles. The van der Waals surface area contributed by atoms with E-state index in [0.717, 1.165) is 31.6 Å². The largest absolute Gasteiger partial charge is 0.545 e. The molecule has 80 valence electrons. The number of carbonyl (C=O) groups is 1. The van der Waals surface area contributed by atoms with E-state index in [0.29, 0.717) is 5.69 Å². The van der Waals surface area contributed by atoms with Crippen molar-refractivity contribution in [3.8, 4) is 0 Å². The lowest BCUT2D eigenvalue weighted by molar-refractivity contribution is -0.254. The van der Waals surface area contributed by atoms with Gasteiger partial charge in [-0.2, -0.15) is 0 Å². The van der Waals surface area contributed by atoms with Crippen LogP contribution in [0.5, 0.6) is 0 Å². The number of nitrogens with zero attached hydrogens (tertiary/aromatic N) is 1. The normalized spacial score (nSPS) is 15.6. The highest BCUT2D eigenvalue weighted by Gasteiger charge is 2.16. The Bertz CT molecular complexity index is 384.